The molecule has 0 atom stereocenters. The van der Waals surface area contributed by atoms with E-state index in [4.69, 9.17) is 5.73 Å². The van der Waals surface area contributed by atoms with Crippen LogP contribution in [0.15, 0.2) is 72.4 Å². The second-order valence-corrected chi connectivity index (χ2v) is 3.50. The average Bonchev–Trinajstić information content (AvgIpc) is 2.36. The summed E-state index contributed by atoms with van der Waals surface area (Å²) in [7, 11) is 0. The smallest absolute Gasteiger partial charge is 0.0648 e. The third kappa shape index (κ3) is 5.52. The summed E-state index contributed by atoms with van der Waals surface area (Å²) < 4.78 is 0. The van der Waals surface area contributed by atoms with Gasteiger partial charge in [-0.25, -0.2) is 4.99 Å². The fraction of sp³-hybridized carbons (Fsp3) is 0.133. The first-order valence-corrected chi connectivity index (χ1v) is 5.66. The Morgan fingerprint density at radius 1 is 1.18 bits per heavy atom. The van der Waals surface area contributed by atoms with E-state index in [1.165, 1.54) is 6.20 Å². The first-order chi connectivity index (χ1) is 8.36. The lowest BCUT2D eigenvalue weighted by molar-refractivity contribution is 1.06. The fourth-order valence-electron chi connectivity index (χ4n) is 1.30. The standard InChI is InChI=1S/C15H18N2/c1-2-3-4-6-11-15(12-13-16)17-14-9-7-5-8-10-14/h2,5-13H,1,3-4,16H2/b11-6+,13-12?,17-15?. The zero-order valence-electron chi connectivity index (χ0n) is 9.92. The van der Waals surface area contributed by atoms with Gasteiger partial charge in [-0.15, -0.1) is 6.58 Å². The van der Waals surface area contributed by atoms with Crippen LogP contribution in [0.4, 0.5) is 5.69 Å². The Hall–Kier alpha value is -2.09. The number of benzene rings is 1. The van der Waals surface area contributed by atoms with Crippen LogP contribution >= 0.6 is 0 Å². The zero-order chi connectivity index (χ0) is 12.3. The quantitative estimate of drug-likeness (QED) is 0.448. The number of unbranched alkanes of at least 4 members (excludes halogenated alkanes) is 1. The Morgan fingerprint density at radius 3 is 2.59 bits per heavy atom. The number of rotatable bonds is 6. The highest BCUT2D eigenvalue weighted by Crippen LogP contribution is 2.10. The summed E-state index contributed by atoms with van der Waals surface area (Å²) in [5.41, 5.74) is 7.18. The van der Waals surface area contributed by atoms with Crippen molar-refractivity contribution in [2.75, 3.05) is 0 Å². The van der Waals surface area contributed by atoms with Crippen LogP contribution in [0.1, 0.15) is 12.8 Å². The van der Waals surface area contributed by atoms with Crippen molar-refractivity contribution in [3.63, 3.8) is 0 Å². The fourth-order valence-corrected chi connectivity index (χ4v) is 1.30. The van der Waals surface area contributed by atoms with Crippen molar-refractivity contribution >= 4 is 11.4 Å². The second-order valence-electron chi connectivity index (χ2n) is 3.50. The van der Waals surface area contributed by atoms with E-state index in [0.717, 1.165) is 24.2 Å². The summed E-state index contributed by atoms with van der Waals surface area (Å²) in [6.45, 7) is 3.68. The van der Waals surface area contributed by atoms with E-state index in [1.807, 2.05) is 42.5 Å². The Morgan fingerprint density at radius 2 is 1.94 bits per heavy atom. The molecule has 2 nitrogen and oxygen atoms in total. The van der Waals surface area contributed by atoms with Crippen LogP contribution in [-0.4, -0.2) is 5.71 Å². The third-order valence-electron chi connectivity index (χ3n) is 2.11. The van der Waals surface area contributed by atoms with Crippen molar-refractivity contribution in [3.8, 4) is 0 Å². The molecular weight excluding hydrogens is 208 g/mol. The van der Waals surface area contributed by atoms with Gasteiger partial charge in [-0.1, -0.05) is 30.4 Å². The maximum Gasteiger partial charge on any atom is 0.0648 e. The molecule has 2 heteroatoms. The molecule has 0 heterocycles. The molecule has 0 saturated heterocycles. The van der Waals surface area contributed by atoms with Crippen molar-refractivity contribution in [1.29, 1.82) is 0 Å². The van der Waals surface area contributed by atoms with E-state index in [2.05, 4.69) is 17.6 Å². The molecule has 0 aromatic heterocycles. The molecular formula is C15H18N2. The molecule has 2 N–H and O–H groups in total. The minimum absolute atomic E-state index is 0.850. The SMILES string of the molecule is C=CCC/C=C/C(C=CN)=Nc1ccccc1. The van der Waals surface area contributed by atoms with Crippen LogP contribution in [0, 0.1) is 0 Å². The van der Waals surface area contributed by atoms with Gasteiger partial charge in [0.05, 0.1) is 11.4 Å². The minimum atomic E-state index is 0.850. The summed E-state index contributed by atoms with van der Waals surface area (Å²) in [5, 5.41) is 0. The summed E-state index contributed by atoms with van der Waals surface area (Å²) in [6, 6.07) is 9.81. The summed E-state index contributed by atoms with van der Waals surface area (Å²) in [5.74, 6) is 0. The molecule has 0 radical (unpaired) electrons. The number of allylic oxidation sites excluding steroid dienone is 4. The van der Waals surface area contributed by atoms with Crippen LogP contribution in [0.5, 0.6) is 0 Å². The number of hydrogen-bond acceptors (Lipinski definition) is 2. The van der Waals surface area contributed by atoms with Gasteiger partial charge in [0.25, 0.3) is 0 Å². The van der Waals surface area contributed by atoms with Crippen LogP contribution in [-0.2, 0) is 0 Å². The van der Waals surface area contributed by atoms with Gasteiger partial charge in [-0.3, -0.25) is 0 Å². The Labute approximate surface area is 103 Å². The highest BCUT2D eigenvalue weighted by atomic mass is 14.7. The molecule has 0 spiro atoms. The monoisotopic (exact) mass is 226 g/mol. The van der Waals surface area contributed by atoms with Gasteiger partial charge in [0.1, 0.15) is 0 Å². The third-order valence-corrected chi connectivity index (χ3v) is 2.11. The van der Waals surface area contributed by atoms with E-state index >= 15 is 0 Å². The second kappa shape index (κ2) is 8.11. The molecule has 0 aliphatic heterocycles. The largest absolute Gasteiger partial charge is 0.405 e. The Bertz CT molecular complexity index is 414. The minimum Gasteiger partial charge on any atom is -0.405 e. The molecule has 0 fully saturated rings. The van der Waals surface area contributed by atoms with Gasteiger partial charge in [0.2, 0.25) is 0 Å². The summed E-state index contributed by atoms with van der Waals surface area (Å²) >= 11 is 0. The topological polar surface area (TPSA) is 38.4 Å². The average molecular weight is 226 g/mol. The Kier molecular flexibility index (Phi) is 6.19. The predicted octanol–water partition coefficient (Wildman–Crippen LogP) is 3.75. The maximum absolute atomic E-state index is 5.40. The number of aliphatic imine (C=N–C) groups is 1. The van der Waals surface area contributed by atoms with Crippen LogP contribution < -0.4 is 5.73 Å². The van der Waals surface area contributed by atoms with Crippen molar-refractivity contribution in [2.24, 2.45) is 10.7 Å². The zero-order valence-corrected chi connectivity index (χ0v) is 9.92. The molecule has 17 heavy (non-hydrogen) atoms. The lowest BCUT2D eigenvalue weighted by Gasteiger charge is -1.95. The molecule has 1 aromatic rings. The Balaban J connectivity index is 2.75. The van der Waals surface area contributed by atoms with E-state index < -0.39 is 0 Å². The first kappa shape index (κ1) is 13.0. The van der Waals surface area contributed by atoms with E-state index in [0.29, 0.717) is 0 Å². The number of para-hydroxylation sites is 1. The molecule has 1 aromatic carbocycles. The maximum atomic E-state index is 5.40. The van der Waals surface area contributed by atoms with Crippen molar-refractivity contribution in [1.82, 2.24) is 0 Å². The molecule has 0 saturated carbocycles. The predicted molar refractivity (Wildman–Crippen MR) is 75.4 cm³/mol. The van der Waals surface area contributed by atoms with Crippen LogP contribution in [0.2, 0.25) is 0 Å². The molecule has 88 valence electrons. The molecule has 0 aliphatic rings. The summed E-state index contributed by atoms with van der Waals surface area (Å²) in [4.78, 5) is 4.48. The van der Waals surface area contributed by atoms with Crippen molar-refractivity contribution in [3.05, 3.63) is 67.4 Å². The van der Waals surface area contributed by atoms with E-state index in [1.54, 1.807) is 6.08 Å². The molecule has 1 rings (SSSR count). The number of nitrogens with zero attached hydrogens (tertiary/aromatic N) is 1. The van der Waals surface area contributed by atoms with E-state index in [-0.39, 0.29) is 0 Å². The number of hydrogen-bond donors (Lipinski definition) is 1. The van der Waals surface area contributed by atoms with Gasteiger partial charge >= 0.3 is 0 Å². The van der Waals surface area contributed by atoms with Crippen LogP contribution in [0.25, 0.3) is 0 Å². The molecule has 0 unspecified atom stereocenters. The molecule has 0 aliphatic carbocycles. The number of nitrogens with two attached hydrogens (primary N) is 1. The highest BCUT2D eigenvalue weighted by molar-refractivity contribution is 6.05. The normalized spacial score (nSPS) is 12.4. The first-order valence-electron chi connectivity index (χ1n) is 5.66. The summed E-state index contributed by atoms with van der Waals surface area (Å²) in [6.07, 6.45) is 11.2. The van der Waals surface area contributed by atoms with Gasteiger partial charge < -0.3 is 5.73 Å². The van der Waals surface area contributed by atoms with Gasteiger partial charge in [-0.05, 0) is 43.3 Å². The van der Waals surface area contributed by atoms with E-state index in [9.17, 15) is 0 Å². The van der Waals surface area contributed by atoms with Crippen molar-refractivity contribution < 1.29 is 0 Å². The van der Waals surface area contributed by atoms with Crippen molar-refractivity contribution in [2.45, 2.75) is 12.8 Å². The lowest BCUT2D eigenvalue weighted by atomic mass is 10.2. The molecule has 0 amide bonds. The van der Waals surface area contributed by atoms with Gasteiger partial charge in [0.15, 0.2) is 0 Å². The lowest BCUT2D eigenvalue weighted by Crippen LogP contribution is -1.89. The van der Waals surface area contributed by atoms with Gasteiger partial charge in [-0.2, -0.15) is 0 Å². The molecule has 0 bridgehead atoms. The highest BCUT2D eigenvalue weighted by Gasteiger charge is 1.90. The van der Waals surface area contributed by atoms with Crippen LogP contribution in [0.3, 0.4) is 0 Å². The van der Waals surface area contributed by atoms with Gasteiger partial charge in [0, 0.05) is 0 Å².